The van der Waals surface area contributed by atoms with Crippen LogP contribution in [0.15, 0.2) is 64.5 Å². The van der Waals surface area contributed by atoms with Crippen LogP contribution in [-0.2, 0) is 29.7 Å². The summed E-state index contributed by atoms with van der Waals surface area (Å²) in [5.74, 6) is 0. The molecular weight excluding hydrogens is 307 g/mol. The zero-order valence-electron chi connectivity index (χ0n) is 11.1. The molecule has 92 valence electrons. The number of allylic oxidation sites excluding steroid dienone is 3. The second-order valence-corrected chi connectivity index (χ2v) is 7.55. The molecule has 0 amide bonds. The van der Waals surface area contributed by atoms with E-state index in [1.807, 2.05) is 0 Å². The molecule has 0 radical (unpaired) electrons. The molecule has 0 saturated carbocycles. The molecule has 1 heteroatoms. The molecule has 0 N–H and O–H groups in total. The summed E-state index contributed by atoms with van der Waals surface area (Å²) >= 11 is -0.595. The van der Waals surface area contributed by atoms with Crippen LogP contribution in [0.1, 0.15) is 18.1 Å². The summed E-state index contributed by atoms with van der Waals surface area (Å²) in [6.45, 7) is 2.06. The summed E-state index contributed by atoms with van der Waals surface area (Å²) in [7, 11) is 0. The Morgan fingerprint density at radius 3 is 2.68 bits per heavy atom. The van der Waals surface area contributed by atoms with Crippen LogP contribution < -0.4 is 3.27 Å². The van der Waals surface area contributed by atoms with Crippen LogP contribution in [0, 0.1) is 0 Å². The summed E-state index contributed by atoms with van der Waals surface area (Å²) in [5, 5.41) is 0. The molecule has 0 spiro atoms. The van der Waals surface area contributed by atoms with Crippen LogP contribution in [0.3, 0.4) is 0 Å². The predicted octanol–water partition coefficient (Wildman–Crippen LogP) is 4.06. The van der Waals surface area contributed by atoms with Gasteiger partial charge in [0.25, 0.3) is 0 Å². The summed E-state index contributed by atoms with van der Waals surface area (Å²) in [4.78, 5) is 0. The van der Waals surface area contributed by atoms with E-state index in [2.05, 4.69) is 71.4 Å². The molecule has 1 aliphatic carbocycles. The average Bonchev–Trinajstić information content (AvgIpc) is 2.83. The molecule has 0 fully saturated rings. The van der Waals surface area contributed by atoms with Crippen LogP contribution >= 0.6 is 0 Å². The van der Waals surface area contributed by atoms with Crippen LogP contribution in [0.2, 0.25) is 0 Å². The van der Waals surface area contributed by atoms with E-state index in [-0.39, 0.29) is 0 Å². The van der Waals surface area contributed by atoms with Crippen molar-refractivity contribution in [1.82, 2.24) is 0 Å². The Morgan fingerprint density at radius 1 is 0.947 bits per heavy atom. The number of hydrogen-bond donors (Lipinski definition) is 0. The molecule has 0 atom stereocenters. The van der Waals surface area contributed by atoms with E-state index < -0.39 is 23.2 Å². The van der Waals surface area contributed by atoms with Gasteiger partial charge in [-0.1, -0.05) is 0 Å². The Bertz CT molecular complexity index is 650. The first-order valence-electron chi connectivity index (χ1n) is 6.64. The molecule has 0 nitrogen and oxygen atoms in total. The zero-order chi connectivity index (χ0) is 13.1. The maximum atomic E-state index is 2.40. The molecule has 1 aliphatic rings. The van der Waals surface area contributed by atoms with E-state index in [1.54, 1.807) is 8.83 Å². The first-order chi connectivity index (χ1) is 9.40. The molecule has 2 aromatic carbocycles. The van der Waals surface area contributed by atoms with Gasteiger partial charge in [-0.05, 0) is 0 Å². The molecule has 0 aliphatic heterocycles. The van der Waals surface area contributed by atoms with Gasteiger partial charge in [0.1, 0.15) is 0 Å². The summed E-state index contributed by atoms with van der Waals surface area (Å²) < 4.78 is 4.03. The van der Waals surface area contributed by atoms with E-state index in [9.17, 15) is 0 Å². The summed E-state index contributed by atoms with van der Waals surface area (Å²) in [6.07, 6.45) is 7.54. The molecule has 0 aromatic heterocycles. The van der Waals surface area contributed by atoms with Crippen molar-refractivity contribution < 1.29 is 23.2 Å². The third kappa shape index (κ3) is 2.58. The van der Waals surface area contributed by atoms with Crippen LogP contribution in [0.5, 0.6) is 0 Å². The van der Waals surface area contributed by atoms with Gasteiger partial charge in [0.05, 0.1) is 0 Å². The van der Waals surface area contributed by atoms with Gasteiger partial charge in [-0.3, -0.25) is 0 Å². The third-order valence-electron chi connectivity index (χ3n) is 3.49. The first kappa shape index (κ1) is 12.8. The maximum absolute atomic E-state index is 2.40. The monoisotopic (exact) mass is 322 g/mol. The van der Waals surface area contributed by atoms with Gasteiger partial charge in [-0.2, -0.15) is 0 Å². The van der Waals surface area contributed by atoms with Crippen molar-refractivity contribution in [3.63, 3.8) is 0 Å². The van der Waals surface area contributed by atoms with E-state index >= 15 is 0 Å². The Labute approximate surface area is 126 Å². The fourth-order valence-electron chi connectivity index (χ4n) is 2.60. The second-order valence-electron chi connectivity index (χ2n) is 4.69. The predicted molar refractivity (Wildman–Crippen MR) is 78.3 cm³/mol. The van der Waals surface area contributed by atoms with Crippen molar-refractivity contribution in [2.75, 3.05) is 0 Å². The molecule has 0 heterocycles. The Morgan fingerprint density at radius 2 is 1.79 bits per heavy atom. The van der Waals surface area contributed by atoms with Gasteiger partial charge in [-0.15, -0.1) is 0 Å². The number of rotatable bonds is 3. The summed E-state index contributed by atoms with van der Waals surface area (Å²) in [6, 6.07) is 15.6. The van der Waals surface area contributed by atoms with Crippen molar-refractivity contribution in [3.8, 4) is 11.1 Å². The SMILES string of the molecule is CC=CC=[CH][Zr][c]1cccc2c1Cc1ccccc1-2. The minimum atomic E-state index is -0.595. The Kier molecular flexibility index (Phi) is 3.94. The van der Waals surface area contributed by atoms with Gasteiger partial charge in [-0.25, -0.2) is 0 Å². The molecule has 0 unspecified atom stereocenters. The standard InChI is InChI=1S/C13H9.C5H7.Zr/c1-3-7-12-10(5-1)9-11-6-2-4-8-13(11)12;1-3-5-4-2;/h1-5,7-8H,9H2;1,3-5H,2H3;. The van der Waals surface area contributed by atoms with Crippen LogP contribution in [-0.4, -0.2) is 0 Å². The molecule has 2 aromatic rings. The van der Waals surface area contributed by atoms with Crippen LogP contribution in [0.25, 0.3) is 11.1 Å². The first-order valence-corrected chi connectivity index (χ1v) is 9.29. The third-order valence-corrected chi connectivity index (χ3v) is 6.29. The Hall–Kier alpha value is -1.20. The van der Waals surface area contributed by atoms with Crippen molar-refractivity contribution in [1.29, 1.82) is 0 Å². The molecule has 0 bridgehead atoms. The summed E-state index contributed by atoms with van der Waals surface area (Å²) in [5.41, 5.74) is 5.98. The number of fused-ring (bicyclic) bond motifs is 3. The van der Waals surface area contributed by atoms with E-state index in [0.29, 0.717) is 0 Å². The van der Waals surface area contributed by atoms with Crippen LogP contribution in [0.4, 0.5) is 0 Å². The number of hydrogen-bond acceptors (Lipinski definition) is 0. The molecule has 19 heavy (non-hydrogen) atoms. The van der Waals surface area contributed by atoms with Gasteiger partial charge in [0, 0.05) is 0 Å². The normalized spacial score (nSPS) is 12.9. The molecular formula is C18H16Zr. The number of benzene rings is 2. The molecule has 3 rings (SSSR count). The fourth-order valence-corrected chi connectivity index (χ4v) is 5.00. The Balaban J connectivity index is 1.94. The quantitative estimate of drug-likeness (QED) is 0.638. The second kappa shape index (κ2) is 5.84. The fraction of sp³-hybridized carbons (Fsp3) is 0.111. The van der Waals surface area contributed by atoms with E-state index in [4.69, 9.17) is 0 Å². The average molecular weight is 324 g/mol. The van der Waals surface area contributed by atoms with E-state index in [1.165, 1.54) is 16.7 Å². The zero-order valence-corrected chi connectivity index (χ0v) is 13.5. The van der Waals surface area contributed by atoms with Gasteiger partial charge < -0.3 is 0 Å². The van der Waals surface area contributed by atoms with Crippen molar-refractivity contribution in [2.45, 2.75) is 13.3 Å². The van der Waals surface area contributed by atoms with Gasteiger partial charge in [0.15, 0.2) is 0 Å². The van der Waals surface area contributed by atoms with Crippen molar-refractivity contribution in [2.24, 2.45) is 0 Å². The van der Waals surface area contributed by atoms with Gasteiger partial charge in [0.2, 0.25) is 0 Å². The molecule has 0 saturated heterocycles. The topological polar surface area (TPSA) is 0 Å². The van der Waals surface area contributed by atoms with Gasteiger partial charge >= 0.3 is 127 Å². The van der Waals surface area contributed by atoms with E-state index in [0.717, 1.165) is 6.42 Å². The van der Waals surface area contributed by atoms with Crippen molar-refractivity contribution >= 4 is 3.27 Å². The minimum absolute atomic E-state index is 0.595. The van der Waals surface area contributed by atoms with Crippen molar-refractivity contribution in [3.05, 3.63) is 75.6 Å².